The van der Waals surface area contributed by atoms with Crippen molar-refractivity contribution < 1.29 is 5.11 Å². The Morgan fingerprint density at radius 1 is 1.24 bits per heavy atom. The zero-order valence-corrected chi connectivity index (χ0v) is 12.1. The van der Waals surface area contributed by atoms with Crippen LogP contribution < -0.4 is 5.32 Å². The summed E-state index contributed by atoms with van der Waals surface area (Å²) < 4.78 is 0. The lowest BCUT2D eigenvalue weighted by Crippen LogP contribution is -2.16. The number of aryl methyl sites for hydroxylation is 1. The quantitative estimate of drug-likeness (QED) is 0.688. The highest BCUT2D eigenvalue weighted by Crippen LogP contribution is 2.25. The molecule has 0 aliphatic carbocycles. The number of H-pyrrole nitrogens is 1. The minimum absolute atomic E-state index is 0.435. The summed E-state index contributed by atoms with van der Waals surface area (Å²) in [6.45, 7) is 4.18. The summed E-state index contributed by atoms with van der Waals surface area (Å²) in [5.74, 6) is 1.40. The predicted molar refractivity (Wildman–Crippen MR) is 84.2 cm³/mol. The number of aliphatic hydroxyl groups excluding tert-OH is 1. The molecule has 3 rings (SSSR count). The normalized spacial score (nSPS) is 12.5. The summed E-state index contributed by atoms with van der Waals surface area (Å²) >= 11 is 0. The molecule has 0 radical (unpaired) electrons. The van der Waals surface area contributed by atoms with E-state index in [1.54, 1.807) is 6.92 Å². The van der Waals surface area contributed by atoms with E-state index in [9.17, 15) is 5.11 Å². The molecule has 5 nitrogen and oxygen atoms in total. The van der Waals surface area contributed by atoms with E-state index < -0.39 is 6.10 Å². The molecule has 21 heavy (non-hydrogen) atoms. The lowest BCUT2D eigenvalue weighted by atomic mass is 10.2. The van der Waals surface area contributed by atoms with Gasteiger partial charge in [-0.15, -0.1) is 0 Å². The standard InChI is InChI=1S/C16H18N4O/c1-10-8-13-15(17-9-11(2)21)19-14(20-16(13)18-10)12-6-4-3-5-7-12/h3-8,11,21H,9H2,1-2H3,(H2,17,18,19,20). The molecular weight excluding hydrogens is 264 g/mol. The molecule has 3 aromatic rings. The van der Waals surface area contributed by atoms with Gasteiger partial charge < -0.3 is 15.4 Å². The number of aliphatic hydroxyl groups is 1. The van der Waals surface area contributed by atoms with Gasteiger partial charge in [0.2, 0.25) is 0 Å². The third-order valence-electron chi connectivity index (χ3n) is 3.22. The second kappa shape index (κ2) is 5.54. The van der Waals surface area contributed by atoms with E-state index in [1.807, 2.05) is 43.3 Å². The zero-order chi connectivity index (χ0) is 14.8. The zero-order valence-electron chi connectivity index (χ0n) is 12.1. The van der Waals surface area contributed by atoms with Gasteiger partial charge in [0.15, 0.2) is 5.82 Å². The number of aromatic nitrogens is 3. The van der Waals surface area contributed by atoms with Gasteiger partial charge >= 0.3 is 0 Å². The number of fused-ring (bicyclic) bond motifs is 1. The van der Waals surface area contributed by atoms with Crippen LogP contribution in [0.25, 0.3) is 22.4 Å². The predicted octanol–water partition coefficient (Wildman–Crippen LogP) is 2.73. The van der Waals surface area contributed by atoms with Crippen LogP contribution in [-0.2, 0) is 0 Å². The average molecular weight is 282 g/mol. The number of aromatic amines is 1. The highest BCUT2D eigenvalue weighted by atomic mass is 16.3. The topological polar surface area (TPSA) is 73.8 Å². The molecule has 0 aliphatic heterocycles. The van der Waals surface area contributed by atoms with E-state index in [4.69, 9.17) is 0 Å². The van der Waals surface area contributed by atoms with Gasteiger partial charge in [-0.3, -0.25) is 0 Å². The third-order valence-corrected chi connectivity index (χ3v) is 3.22. The molecule has 1 unspecified atom stereocenters. The molecule has 0 amide bonds. The van der Waals surface area contributed by atoms with Gasteiger partial charge in [0, 0.05) is 17.8 Å². The smallest absolute Gasteiger partial charge is 0.163 e. The highest BCUT2D eigenvalue weighted by Gasteiger charge is 2.11. The molecule has 0 saturated heterocycles. The molecular formula is C16H18N4O. The van der Waals surface area contributed by atoms with Crippen molar-refractivity contribution >= 4 is 16.9 Å². The number of hydrogen-bond donors (Lipinski definition) is 3. The van der Waals surface area contributed by atoms with Gasteiger partial charge in [-0.05, 0) is 19.9 Å². The van der Waals surface area contributed by atoms with E-state index in [-0.39, 0.29) is 0 Å². The van der Waals surface area contributed by atoms with Crippen LogP contribution in [0.4, 0.5) is 5.82 Å². The first-order chi connectivity index (χ1) is 10.1. The number of nitrogens with one attached hydrogen (secondary N) is 2. The summed E-state index contributed by atoms with van der Waals surface area (Å²) in [7, 11) is 0. The van der Waals surface area contributed by atoms with Crippen molar-refractivity contribution in [3.63, 3.8) is 0 Å². The molecule has 0 bridgehead atoms. The molecule has 0 saturated carbocycles. The number of benzene rings is 1. The first-order valence-electron chi connectivity index (χ1n) is 6.98. The van der Waals surface area contributed by atoms with Crippen molar-refractivity contribution in [1.82, 2.24) is 15.0 Å². The van der Waals surface area contributed by atoms with E-state index in [0.717, 1.165) is 28.1 Å². The maximum atomic E-state index is 9.46. The van der Waals surface area contributed by atoms with Gasteiger partial charge in [-0.25, -0.2) is 9.97 Å². The molecule has 0 spiro atoms. The Balaban J connectivity index is 2.10. The second-order valence-electron chi connectivity index (χ2n) is 5.21. The Bertz CT molecular complexity index is 750. The fourth-order valence-corrected chi connectivity index (χ4v) is 2.24. The molecule has 2 heterocycles. The van der Waals surface area contributed by atoms with E-state index in [0.29, 0.717) is 12.4 Å². The third kappa shape index (κ3) is 2.87. The van der Waals surface area contributed by atoms with Crippen molar-refractivity contribution in [3.8, 4) is 11.4 Å². The first-order valence-corrected chi connectivity index (χ1v) is 6.98. The Kier molecular flexibility index (Phi) is 3.58. The van der Waals surface area contributed by atoms with Crippen LogP contribution >= 0.6 is 0 Å². The molecule has 2 aromatic heterocycles. The molecule has 0 fully saturated rings. The van der Waals surface area contributed by atoms with Crippen LogP contribution in [0, 0.1) is 6.92 Å². The fourth-order valence-electron chi connectivity index (χ4n) is 2.24. The molecule has 108 valence electrons. The summed E-state index contributed by atoms with van der Waals surface area (Å²) in [5, 5.41) is 13.6. The monoisotopic (exact) mass is 282 g/mol. The van der Waals surface area contributed by atoms with Gasteiger partial charge in [0.05, 0.1) is 11.5 Å². The van der Waals surface area contributed by atoms with Crippen LogP contribution in [0.3, 0.4) is 0 Å². The van der Waals surface area contributed by atoms with Crippen LogP contribution in [0.2, 0.25) is 0 Å². The van der Waals surface area contributed by atoms with Gasteiger partial charge in [-0.1, -0.05) is 30.3 Å². The molecule has 3 N–H and O–H groups in total. The van der Waals surface area contributed by atoms with E-state index in [1.165, 1.54) is 0 Å². The van der Waals surface area contributed by atoms with Crippen molar-refractivity contribution in [3.05, 3.63) is 42.1 Å². The van der Waals surface area contributed by atoms with Crippen molar-refractivity contribution in [1.29, 1.82) is 0 Å². The Morgan fingerprint density at radius 3 is 2.71 bits per heavy atom. The number of nitrogens with zero attached hydrogens (tertiary/aromatic N) is 2. The van der Waals surface area contributed by atoms with Crippen molar-refractivity contribution in [2.45, 2.75) is 20.0 Å². The maximum absolute atomic E-state index is 9.46. The number of hydrogen-bond acceptors (Lipinski definition) is 4. The summed E-state index contributed by atoms with van der Waals surface area (Å²) in [6, 6.07) is 11.9. The number of rotatable bonds is 4. The lowest BCUT2D eigenvalue weighted by molar-refractivity contribution is 0.208. The van der Waals surface area contributed by atoms with E-state index >= 15 is 0 Å². The Hall–Kier alpha value is -2.40. The summed E-state index contributed by atoms with van der Waals surface area (Å²) in [5.41, 5.74) is 2.80. The maximum Gasteiger partial charge on any atom is 0.163 e. The fraction of sp³-hybridized carbons (Fsp3) is 0.250. The van der Waals surface area contributed by atoms with Gasteiger partial charge in [0.25, 0.3) is 0 Å². The Labute approximate surface area is 123 Å². The Morgan fingerprint density at radius 2 is 2.00 bits per heavy atom. The summed E-state index contributed by atoms with van der Waals surface area (Å²) in [4.78, 5) is 12.4. The van der Waals surface area contributed by atoms with Gasteiger partial charge in [0.1, 0.15) is 11.5 Å². The molecule has 5 heteroatoms. The van der Waals surface area contributed by atoms with Gasteiger partial charge in [-0.2, -0.15) is 0 Å². The second-order valence-corrected chi connectivity index (χ2v) is 5.21. The molecule has 0 aliphatic rings. The molecule has 1 aromatic carbocycles. The highest BCUT2D eigenvalue weighted by molar-refractivity contribution is 5.89. The first kappa shape index (κ1) is 13.6. The number of anilines is 1. The van der Waals surface area contributed by atoms with Crippen LogP contribution in [0.15, 0.2) is 36.4 Å². The average Bonchev–Trinajstić information content (AvgIpc) is 2.85. The van der Waals surface area contributed by atoms with Crippen LogP contribution in [0.5, 0.6) is 0 Å². The van der Waals surface area contributed by atoms with Crippen molar-refractivity contribution in [2.24, 2.45) is 0 Å². The summed E-state index contributed by atoms with van der Waals surface area (Å²) in [6.07, 6.45) is -0.435. The van der Waals surface area contributed by atoms with Crippen molar-refractivity contribution in [2.75, 3.05) is 11.9 Å². The SMILES string of the molecule is Cc1cc2c(NCC(C)O)nc(-c3ccccc3)nc2[nH]1. The van der Waals surface area contributed by atoms with E-state index in [2.05, 4.69) is 20.3 Å². The van der Waals surface area contributed by atoms with Crippen LogP contribution in [-0.4, -0.2) is 32.7 Å². The lowest BCUT2D eigenvalue weighted by Gasteiger charge is -2.10. The largest absolute Gasteiger partial charge is 0.392 e. The molecule has 1 atom stereocenters. The minimum atomic E-state index is -0.435. The minimum Gasteiger partial charge on any atom is -0.392 e. The van der Waals surface area contributed by atoms with Crippen LogP contribution in [0.1, 0.15) is 12.6 Å².